The minimum absolute atomic E-state index is 0.000835. The highest BCUT2D eigenvalue weighted by atomic mass is 19.1. The van der Waals surface area contributed by atoms with Crippen LogP contribution in [0.3, 0.4) is 0 Å². The van der Waals surface area contributed by atoms with Crippen LogP contribution in [0.25, 0.3) is 0 Å². The van der Waals surface area contributed by atoms with Crippen LogP contribution < -0.4 is 5.32 Å². The molecule has 19 heavy (non-hydrogen) atoms. The van der Waals surface area contributed by atoms with Crippen molar-refractivity contribution in [2.45, 2.75) is 25.8 Å². The zero-order valence-electron chi connectivity index (χ0n) is 10.7. The molecule has 0 aliphatic carbocycles. The SMILES string of the molecule is C[C@@H](Cc1ccco1)NC(=O)Cc1ccc(F)cc1. The number of nitrogens with one attached hydrogen (secondary N) is 1. The van der Waals surface area contributed by atoms with Crippen LogP contribution in [0.4, 0.5) is 4.39 Å². The molecule has 1 heterocycles. The normalized spacial score (nSPS) is 12.1. The molecular formula is C15H16FNO2. The van der Waals surface area contributed by atoms with Crippen LogP contribution in [0.15, 0.2) is 47.1 Å². The summed E-state index contributed by atoms with van der Waals surface area (Å²) in [5, 5.41) is 2.89. The molecule has 0 spiro atoms. The average Bonchev–Trinajstić information content (AvgIpc) is 2.84. The Morgan fingerprint density at radius 1 is 1.32 bits per heavy atom. The number of hydrogen-bond acceptors (Lipinski definition) is 2. The van der Waals surface area contributed by atoms with Gasteiger partial charge in [-0.25, -0.2) is 4.39 Å². The maximum absolute atomic E-state index is 12.7. The van der Waals surface area contributed by atoms with Crippen LogP contribution in [-0.4, -0.2) is 11.9 Å². The molecule has 2 aromatic rings. The summed E-state index contributed by atoms with van der Waals surface area (Å²) in [6.07, 6.45) is 2.52. The molecule has 0 saturated carbocycles. The second-order valence-corrected chi connectivity index (χ2v) is 4.56. The van der Waals surface area contributed by atoms with Gasteiger partial charge in [0.05, 0.1) is 12.7 Å². The van der Waals surface area contributed by atoms with Gasteiger partial charge in [-0.3, -0.25) is 4.79 Å². The van der Waals surface area contributed by atoms with Crippen molar-refractivity contribution >= 4 is 5.91 Å². The van der Waals surface area contributed by atoms with Crippen LogP contribution in [0.5, 0.6) is 0 Å². The highest BCUT2D eigenvalue weighted by Crippen LogP contribution is 2.06. The van der Waals surface area contributed by atoms with E-state index in [1.54, 1.807) is 18.4 Å². The highest BCUT2D eigenvalue weighted by molar-refractivity contribution is 5.78. The first-order chi connectivity index (χ1) is 9.13. The summed E-state index contributed by atoms with van der Waals surface area (Å²) >= 11 is 0. The zero-order valence-corrected chi connectivity index (χ0v) is 10.7. The number of furan rings is 1. The first-order valence-electron chi connectivity index (χ1n) is 6.19. The number of hydrogen-bond donors (Lipinski definition) is 1. The van der Waals surface area contributed by atoms with E-state index >= 15 is 0 Å². The van der Waals surface area contributed by atoms with Gasteiger partial charge < -0.3 is 9.73 Å². The molecule has 0 aliphatic heterocycles. The van der Waals surface area contributed by atoms with E-state index in [9.17, 15) is 9.18 Å². The fourth-order valence-corrected chi connectivity index (χ4v) is 1.90. The topological polar surface area (TPSA) is 42.2 Å². The van der Waals surface area contributed by atoms with E-state index in [0.29, 0.717) is 6.42 Å². The lowest BCUT2D eigenvalue weighted by molar-refractivity contribution is -0.121. The first-order valence-corrected chi connectivity index (χ1v) is 6.19. The van der Waals surface area contributed by atoms with E-state index in [0.717, 1.165) is 11.3 Å². The van der Waals surface area contributed by atoms with Gasteiger partial charge in [-0.05, 0) is 36.8 Å². The lowest BCUT2D eigenvalue weighted by Gasteiger charge is -2.12. The molecule has 0 saturated heterocycles. The summed E-state index contributed by atoms with van der Waals surface area (Å²) in [6, 6.07) is 9.65. The third-order valence-corrected chi connectivity index (χ3v) is 2.77. The Kier molecular flexibility index (Phi) is 4.34. The lowest BCUT2D eigenvalue weighted by atomic mass is 10.1. The summed E-state index contributed by atoms with van der Waals surface area (Å²) in [6.45, 7) is 1.92. The minimum Gasteiger partial charge on any atom is -0.469 e. The number of amides is 1. The van der Waals surface area contributed by atoms with Crippen molar-refractivity contribution in [3.8, 4) is 0 Å². The summed E-state index contributed by atoms with van der Waals surface area (Å²) in [7, 11) is 0. The summed E-state index contributed by atoms with van der Waals surface area (Å²) in [4.78, 5) is 11.8. The third kappa shape index (κ3) is 4.25. The maximum atomic E-state index is 12.7. The van der Waals surface area contributed by atoms with E-state index < -0.39 is 0 Å². The quantitative estimate of drug-likeness (QED) is 0.899. The summed E-state index contributed by atoms with van der Waals surface area (Å²) < 4.78 is 18.0. The van der Waals surface area contributed by atoms with Gasteiger partial charge >= 0.3 is 0 Å². The Morgan fingerprint density at radius 2 is 2.05 bits per heavy atom. The fourth-order valence-electron chi connectivity index (χ4n) is 1.90. The smallest absolute Gasteiger partial charge is 0.224 e. The molecule has 4 heteroatoms. The number of carbonyl (C=O) groups excluding carboxylic acids is 1. The first kappa shape index (κ1) is 13.3. The average molecular weight is 261 g/mol. The van der Waals surface area contributed by atoms with Gasteiger partial charge in [-0.1, -0.05) is 12.1 Å². The molecule has 3 nitrogen and oxygen atoms in total. The maximum Gasteiger partial charge on any atom is 0.224 e. The highest BCUT2D eigenvalue weighted by Gasteiger charge is 2.10. The molecule has 2 rings (SSSR count). The standard InChI is InChI=1S/C15H16FNO2/c1-11(9-14-3-2-8-19-14)17-15(18)10-12-4-6-13(16)7-5-12/h2-8,11H,9-10H2,1H3,(H,17,18)/t11-/m0/s1. The van der Waals surface area contributed by atoms with Crippen molar-refractivity contribution in [3.63, 3.8) is 0 Å². The van der Waals surface area contributed by atoms with Crippen LogP contribution in [0.2, 0.25) is 0 Å². The zero-order chi connectivity index (χ0) is 13.7. The number of benzene rings is 1. The van der Waals surface area contributed by atoms with Crippen LogP contribution in [0.1, 0.15) is 18.2 Å². The number of halogens is 1. The summed E-state index contributed by atoms with van der Waals surface area (Å²) in [5.74, 6) is 0.468. The third-order valence-electron chi connectivity index (χ3n) is 2.77. The predicted molar refractivity (Wildman–Crippen MR) is 70.1 cm³/mol. The molecule has 1 aromatic heterocycles. The van der Waals surface area contributed by atoms with E-state index in [-0.39, 0.29) is 24.2 Å². The van der Waals surface area contributed by atoms with Gasteiger partial charge in [0, 0.05) is 12.5 Å². The van der Waals surface area contributed by atoms with Gasteiger partial charge in [0.25, 0.3) is 0 Å². The van der Waals surface area contributed by atoms with Gasteiger partial charge in [0.15, 0.2) is 0 Å². The molecular weight excluding hydrogens is 245 g/mol. The van der Waals surface area contributed by atoms with Crippen molar-refractivity contribution < 1.29 is 13.6 Å². The van der Waals surface area contributed by atoms with E-state index in [4.69, 9.17) is 4.42 Å². The van der Waals surface area contributed by atoms with E-state index in [1.165, 1.54) is 12.1 Å². The van der Waals surface area contributed by atoms with Gasteiger partial charge in [0.2, 0.25) is 5.91 Å². The van der Waals surface area contributed by atoms with Gasteiger partial charge in [-0.2, -0.15) is 0 Å². The Bertz CT molecular complexity index is 520. The second kappa shape index (κ2) is 6.18. The molecule has 0 fully saturated rings. The Hall–Kier alpha value is -2.10. The minimum atomic E-state index is -0.296. The Morgan fingerprint density at radius 3 is 2.68 bits per heavy atom. The Labute approximate surface area is 111 Å². The van der Waals surface area contributed by atoms with Gasteiger partial charge in [-0.15, -0.1) is 0 Å². The molecule has 0 aliphatic rings. The molecule has 100 valence electrons. The molecule has 0 radical (unpaired) electrons. The predicted octanol–water partition coefficient (Wildman–Crippen LogP) is 2.71. The van der Waals surface area contributed by atoms with Crippen LogP contribution in [0, 0.1) is 5.82 Å². The molecule has 1 N–H and O–H groups in total. The van der Waals surface area contributed by atoms with Crippen molar-refractivity contribution in [1.82, 2.24) is 5.32 Å². The van der Waals surface area contributed by atoms with Crippen LogP contribution >= 0.6 is 0 Å². The van der Waals surface area contributed by atoms with E-state index in [2.05, 4.69) is 5.32 Å². The number of rotatable bonds is 5. The molecule has 1 aromatic carbocycles. The lowest BCUT2D eigenvalue weighted by Crippen LogP contribution is -2.35. The largest absolute Gasteiger partial charge is 0.469 e. The van der Waals surface area contributed by atoms with Gasteiger partial charge in [0.1, 0.15) is 11.6 Å². The molecule has 0 bridgehead atoms. The molecule has 0 unspecified atom stereocenters. The molecule has 1 amide bonds. The van der Waals surface area contributed by atoms with Crippen molar-refractivity contribution in [2.24, 2.45) is 0 Å². The second-order valence-electron chi connectivity index (χ2n) is 4.56. The fraction of sp³-hybridized carbons (Fsp3) is 0.267. The summed E-state index contributed by atoms with van der Waals surface area (Å²) in [5.41, 5.74) is 0.795. The Balaban J connectivity index is 1.82. The van der Waals surface area contributed by atoms with Crippen molar-refractivity contribution in [2.75, 3.05) is 0 Å². The molecule has 1 atom stereocenters. The van der Waals surface area contributed by atoms with Crippen molar-refractivity contribution in [1.29, 1.82) is 0 Å². The monoisotopic (exact) mass is 261 g/mol. The van der Waals surface area contributed by atoms with Crippen LogP contribution in [-0.2, 0) is 17.6 Å². The van der Waals surface area contributed by atoms with E-state index in [1.807, 2.05) is 19.1 Å². The number of carbonyl (C=O) groups is 1. The van der Waals surface area contributed by atoms with Crippen molar-refractivity contribution in [3.05, 3.63) is 59.8 Å².